The third-order valence-electron chi connectivity index (χ3n) is 5.50. The van der Waals surface area contributed by atoms with Crippen molar-refractivity contribution < 1.29 is 0 Å². The van der Waals surface area contributed by atoms with Gasteiger partial charge in [-0.1, -0.05) is 48.5 Å². The van der Waals surface area contributed by atoms with Crippen molar-refractivity contribution in [2.45, 2.75) is 19.5 Å². The lowest BCUT2D eigenvalue weighted by atomic mass is 10.1. The zero-order valence-corrected chi connectivity index (χ0v) is 19.3. The van der Waals surface area contributed by atoms with E-state index in [0.717, 1.165) is 21.7 Å². The number of nitrogen functional groups attached to an aromatic ring is 1. The summed E-state index contributed by atoms with van der Waals surface area (Å²) in [5, 5.41) is 8.25. The van der Waals surface area contributed by atoms with E-state index in [-0.39, 0.29) is 18.1 Å². The molecule has 8 heteroatoms. The van der Waals surface area contributed by atoms with E-state index in [0.29, 0.717) is 19.5 Å². The summed E-state index contributed by atoms with van der Waals surface area (Å²) in [6.07, 6.45) is 0.714. The Morgan fingerprint density at radius 3 is 2.30 bits per heavy atom. The molecule has 0 unspecified atom stereocenters. The summed E-state index contributed by atoms with van der Waals surface area (Å²) in [4.78, 5) is 27.6. The molecule has 2 heterocycles. The zero-order chi connectivity index (χ0) is 23.2. The number of benzene rings is 2. The number of aromatic nitrogens is 2. The normalized spacial score (nSPS) is 10.8. The first-order chi connectivity index (χ1) is 16.1. The fraction of sp³-hybridized carbons (Fsp3) is 0.200. The van der Waals surface area contributed by atoms with Gasteiger partial charge in [0.25, 0.3) is 5.56 Å². The lowest BCUT2D eigenvalue weighted by Gasteiger charge is -2.17. The van der Waals surface area contributed by atoms with Crippen molar-refractivity contribution >= 4 is 28.5 Å². The van der Waals surface area contributed by atoms with Crippen LogP contribution in [0.5, 0.6) is 0 Å². The third kappa shape index (κ3) is 5.18. The highest BCUT2D eigenvalue weighted by Crippen LogP contribution is 2.17. The summed E-state index contributed by atoms with van der Waals surface area (Å²) in [5.41, 5.74) is 8.85. The molecule has 170 valence electrons. The largest absolute Gasteiger partial charge is 0.388 e. The topological polar surface area (TPSA) is 94.1 Å². The Labute approximate surface area is 196 Å². The fourth-order valence-corrected chi connectivity index (χ4v) is 4.36. The van der Waals surface area contributed by atoms with Crippen LogP contribution in [0.15, 0.2) is 81.7 Å². The first kappa shape index (κ1) is 22.4. The van der Waals surface area contributed by atoms with Crippen LogP contribution in [0, 0.1) is 0 Å². The maximum atomic E-state index is 13.3. The van der Waals surface area contributed by atoms with Gasteiger partial charge in [0.1, 0.15) is 11.5 Å². The van der Waals surface area contributed by atoms with Crippen molar-refractivity contribution in [2.24, 2.45) is 0 Å². The van der Waals surface area contributed by atoms with Crippen LogP contribution in [0.25, 0.3) is 0 Å². The number of hydrogen-bond donors (Lipinski definition) is 3. The van der Waals surface area contributed by atoms with Gasteiger partial charge in [-0.3, -0.25) is 13.9 Å². The lowest BCUT2D eigenvalue weighted by molar-refractivity contribution is 0.624. The highest BCUT2D eigenvalue weighted by atomic mass is 32.1. The summed E-state index contributed by atoms with van der Waals surface area (Å²) in [5.74, 6) is 0.160. The molecule has 0 saturated heterocycles. The number of nitrogens with zero attached hydrogens (tertiary/aromatic N) is 2. The van der Waals surface area contributed by atoms with Crippen LogP contribution in [0.1, 0.15) is 16.0 Å². The summed E-state index contributed by atoms with van der Waals surface area (Å²) >= 11 is 1.54. The van der Waals surface area contributed by atoms with Crippen LogP contribution in [0.2, 0.25) is 0 Å². The van der Waals surface area contributed by atoms with E-state index in [1.54, 1.807) is 11.3 Å². The Morgan fingerprint density at radius 2 is 1.64 bits per heavy atom. The molecule has 0 fully saturated rings. The van der Waals surface area contributed by atoms with Crippen molar-refractivity contribution in [1.29, 1.82) is 0 Å². The SMILES string of the molecule is CNc1ccc(CCNc2c(N)n(Cc3cccs3)c(=O)n(Cc3ccccc3)c2=O)cc1. The maximum absolute atomic E-state index is 13.3. The van der Waals surface area contributed by atoms with Gasteiger partial charge in [0.15, 0.2) is 0 Å². The van der Waals surface area contributed by atoms with Crippen LogP contribution in [0.4, 0.5) is 17.2 Å². The van der Waals surface area contributed by atoms with Gasteiger partial charge < -0.3 is 16.4 Å². The number of anilines is 3. The van der Waals surface area contributed by atoms with Crippen molar-refractivity contribution in [3.05, 3.63) is 109 Å². The Bertz CT molecular complexity index is 1310. The Morgan fingerprint density at radius 1 is 0.879 bits per heavy atom. The Balaban J connectivity index is 1.65. The molecule has 0 aliphatic carbocycles. The summed E-state index contributed by atoms with van der Waals surface area (Å²) in [6.45, 7) is 1.02. The molecule has 4 N–H and O–H groups in total. The zero-order valence-electron chi connectivity index (χ0n) is 18.5. The maximum Gasteiger partial charge on any atom is 0.333 e. The van der Waals surface area contributed by atoms with Crippen molar-refractivity contribution in [2.75, 3.05) is 30.0 Å². The number of hydrogen-bond acceptors (Lipinski definition) is 6. The number of nitrogens with one attached hydrogen (secondary N) is 2. The molecule has 33 heavy (non-hydrogen) atoms. The molecule has 2 aromatic carbocycles. The molecule has 0 bridgehead atoms. The van der Waals surface area contributed by atoms with E-state index < -0.39 is 11.2 Å². The number of thiophene rings is 1. The number of rotatable bonds is 9. The van der Waals surface area contributed by atoms with E-state index in [4.69, 9.17) is 5.73 Å². The molecule has 2 aromatic heterocycles. The minimum absolute atomic E-state index is 0.160. The lowest BCUT2D eigenvalue weighted by Crippen LogP contribution is -2.42. The van der Waals surface area contributed by atoms with Crippen LogP contribution >= 0.6 is 11.3 Å². The van der Waals surface area contributed by atoms with Gasteiger partial charge in [-0.2, -0.15) is 0 Å². The summed E-state index contributed by atoms with van der Waals surface area (Å²) in [6, 6.07) is 21.5. The second-order valence-electron chi connectivity index (χ2n) is 7.71. The third-order valence-corrected chi connectivity index (χ3v) is 6.36. The molecule has 7 nitrogen and oxygen atoms in total. The predicted octanol–water partition coefficient (Wildman–Crippen LogP) is 3.45. The van der Waals surface area contributed by atoms with Crippen LogP contribution < -0.4 is 27.6 Å². The van der Waals surface area contributed by atoms with Gasteiger partial charge in [0.05, 0.1) is 13.1 Å². The number of nitrogens with two attached hydrogens (primary N) is 1. The average molecular weight is 462 g/mol. The molecule has 0 aliphatic heterocycles. The molecule has 4 aromatic rings. The summed E-state index contributed by atoms with van der Waals surface area (Å²) < 4.78 is 2.73. The van der Waals surface area contributed by atoms with Gasteiger partial charge >= 0.3 is 5.69 Å². The van der Waals surface area contributed by atoms with Crippen molar-refractivity contribution in [3.63, 3.8) is 0 Å². The van der Waals surface area contributed by atoms with Gasteiger partial charge in [0, 0.05) is 24.2 Å². The minimum Gasteiger partial charge on any atom is -0.388 e. The van der Waals surface area contributed by atoms with Gasteiger partial charge in [-0.15, -0.1) is 11.3 Å². The quantitative estimate of drug-likeness (QED) is 0.355. The molecular weight excluding hydrogens is 434 g/mol. The smallest absolute Gasteiger partial charge is 0.333 e. The molecular formula is C25H27N5O2S. The first-order valence-electron chi connectivity index (χ1n) is 10.8. The Hall–Kier alpha value is -3.78. The average Bonchev–Trinajstić information content (AvgIpc) is 3.36. The fourth-order valence-electron chi connectivity index (χ4n) is 3.67. The highest BCUT2D eigenvalue weighted by Gasteiger charge is 2.18. The van der Waals surface area contributed by atoms with Crippen LogP contribution in [-0.4, -0.2) is 22.7 Å². The molecule has 0 radical (unpaired) electrons. The molecule has 0 aliphatic rings. The second kappa shape index (κ2) is 10.2. The van der Waals surface area contributed by atoms with E-state index in [1.807, 2.05) is 79.2 Å². The molecule has 0 spiro atoms. The van der Waals surface area contributed by atoms with E-state index in [1.165, 1.54) is 9.13 Å². The highest BCUT2D eigenvalue weighted by molar-refractivity contribution is 7.09. The first-order valence-corrected chi connectivity index (χ1v) is 11.6. The monoisotopic (exact) mass is 461 g/mol. The predicted molar refractivity (Wildman–Crippen MR) is 137 cm³/mol. The molecule has 0 amide bonds. The van der Waals surface area contributed by atoms with Crippen molar-refractivity contribution in [3.8, 4) is 0 Å². The van der Waals surface area contributed by atoms with Gasteiger partial charge in [-0.05, 0) is 41.1 Å². The van der Waals surface area contributed by atoms with E-state index in [2.05, 4.69) is 10.6 Å². The van der Waals surface area contributed by atoms with E-state index >= 15 is 0 Å². The van der Waals surface area contributed by atoms with E-state index in [9.17, 15) is 9.59 Å². The standard InChI is InChI=1S/C25H27N5O2S/c1-27-20-11-9-18(10-12-20)13-14-28-22-23(26)29(17-21-8-5-15-33-21)25(32)30(24(22)31)16-19-6-3-2-4-7-19/h2-12,15,27-28H,13-14,16-17,26H2,1H3. The summed E-state index contributed by atoms with van der Waals surface area (Å²) in [7, 11) is 1.88. The molecule has 0 saturated carbocycles. The van der Waals surface area contributed by atoms with Gasteiger partial charge in [-0.25, -0.2) is 4.79 Å². The van der Waals surface area contributed by atoms with Gasteiger partial charge in [0.2, 0.25) is 0 Å². The van der Waals surface area contributed by atoms with Crippen LogP contribution in [0.3, 0.4) is 0 Å². The Kier molecular flexibility index (Phi) is 6.95. The minimum atomic E-state index is -0.414. The second-order valence-corrected chi connectivity index (χ2v) is 8.74. The van der Waals surface area contributed by atoms with Crippen LogP contribution in [-0.2, 0) is 19.5 Å². The molecule has 4 rings (SSSR count). The molecule has 0 atom stereocenters. The van der Waals surface area contributed by atoms with Crippen molar-refractivity contribution in [1.82, 2.24) is 9.13 Å².